The van der Waals surface area contributed by atoms with Crippen LogP contribution < -0.4 is 5.46 Å². The van der Waals surface area contributed by atoms with Gasteiger partial charge in [-0.1, -0.05) is 35.6 Å². The van der Waals surface area contributed by atoms with E-state index in [0.717, 1.165) is 11.1 Å². The Hall–Kier alpha value is -2.09. The van der Waals surface area contributed by atoms with Gasteiger partial charge in [-0.05, 0) is 36.7 Å². The van der Waals surface area contributed by atoms with E-state index in [9.17, 15) is 14.4 Å². The first kappa shape index (κ1) is 13.3. The quantitative estimate of drug-likeness (QED) is 0.593. The van der Waals surface area contributed by atoms with Crippen molar-refractivity contribution in [3.63, 3.8) is 0 Å². The van der Waals surface area contributed by atoms with Crippen LogP contribution in [0.5, 0.6) is 0 Å². The van der Waals surface area contributed by atoms with Crippen LogP contribution in [0.25, 0.3) is 0 Å². The lowest BCUT2D eigenvalue weighted by Crippen LogP contribution is -2.32. The van der Waals surface area contributed by atoms with Gasteiger partial charge in [0.25, 0.3) is 0 Å². The Balaban J connectivity index is 2.38. The van der Waals surface area contributed by atoms with E-state index >= 15 is 0 Å². The van der Waals surface area contributed by atoms with Crippen molar-refractivity contribution >= 4 is 12.6 Å². The summed E-state index contributed by atoms with van der Waals surface area (Å²) in [6.45, 7) is 1.98. The van der Waals surface area contributed by atoms with Crippen LogP contribution in [0.2, 0.25) is 0 Å². The number of aryl methyl sites for hydroxylation is 1. The Bertz CT molecular complexity index is 639. The van der Waals surface area contributed by atoms with Gasteiger partial charge in [0, 0.05) is 11.1 Å². The molecule has 0 unspecified atom stereocenters. The molecule has 0 bridgehead atoms. The summed E-state index contributed by atoms with van der Waals surface area (Å²) in [4.78, 5) is 0. The predicted molar refractivity (Wildman–Crippen MR) is 73.4 cm³/mol. The van der Waals surface area contributed by atoms with Crippen LogP contribution in [0.15, 0.2) is 42.5 Å². The Labute approximate surface area is 111 Å². The van der Waals surface area contributed by atoms with Crippen LogP contribution in [0.3, 0.4) is 0 Å². The average Bonchev–Trinajstić information content (AvgIpc) is 2.38. The first-order chi connectivity index (χ1) is 9.06. The molecule has 0 aliphatic heterocycles. The van der Waals surface area contributed by atoms with E-state index in [1.807, 2.05) is 31.2 Å². The molecule has 2 aromatic carbocycles. The zero-order chi connectivity index (χ0) is 13.8. The summed E-state index contributed by atoms with van der Waals surface area (Å²) < 4.78 is 13.2. The standard InChI is InChI=1S/C15H12BFO2/c1-11-2-4-12(5-3-11)6-7-13-10-14(17)8-9-15(13)16(18)19/h2-5,8-10,18-19H,1H3. The largest absolute Gasteiger partial charge is 0.489 e. The van der Waals surface area contributed by atoms with Crippen molar-refractivity contribution < 1.29 is 14.4 Å². The molecular weight excluding hydrogens is 242 g/mol. The van der Waals surface area contributed by atoms with Gasteiger partial charge >= 0.3 is 7.12 Å². The highest BCUT2D eigenvalue weighted by Crippen LogP contribution is 2.04. The molecule has 0 radical (unpaired) electrons. The predicted octanol–water partition coefficient (Wildman–Crippen LogP) is 1.21. The van der Waals surface area contributed by atoms with Gasteiger partial charge in [-0.3, -0.25) is 0 Å². The van der Waals surface area contributed by atoms with E-state index in [4.69, 9.17) is 0 Å². The molecule has 2 rings (SSSR count). The van der Waals surface area contributed by atoms with Gasteiger partial charge < -0.3 is 10.0 Å². The van der Waals surface area contributed by atoms with E-state index in [2.05, 4.69) is 11.8 Å². The molecule has 0 fully saturated rings. The first-order valence-corrected chi connectivity index (χ1v) is 5.80. The summed E-state index contributed by atoms with van der Waals surface area (Å²) in [7, 11) is -1.66. The first-order valence-electron chi connectivity index (χ1n) is 5.80. The maximum Gasteiger partial charge on any atom is 0.489 e. The Morgan fingerprint density at radius 1 is 1.00 bits per heavy atom. The van der Waals surface area contributed by atoms with Crippen LogP contribution in [0.1, 0.15) is 16.7 Å². The molecule has 0 amide bonds. The minimum atomic E-state index is -1.66. The molecule has 19 heavy (non-hydrogen) atoms. The molecule has 0 heterocycles. The fraction of sp³-hybridized carbons (Fsp3) is 0.0667. The van der Waals surface area contributed by atoms with Crippen LogP contribution in [0.4, 0.5) is 4.39 Å². The summed E-state index contributed by atoms with van der Waals surface area (Å²) in [6.07, 6.45) is 0. The molecule has 4 heteroatoms. The summed E-state index contributed by atoms with van der Waals surface area (Å²) in [6, 6.07) is 11.3. The normalized spacial score (nSPS) is 9.68. The lowest BCUT2D eigenvalue weighted by atomic mass is 9.77. The molecular formula is C15H12BFO2. The molecule has 0 aliphatic rings. The molecule has 0 saturated heterocycles. The van der Waals surface area contributed by atoms with Gasteiger partial charge in [0.05, 0.1) is 0 Å². The SMILES string of the molecule is Cc1ccc(C#Cc2cc(F)ccc2B(O)O)cc1. The third kappa shape index (κ3) is 3.44. The van der Waals surface area contributed by atoms with E-state index in [-0.39, 0.29) is 11.0 Å². The maximum absolute atomic E-state index is 13.2. The molecule has 2 N–H and O–H groups in total. The Kier molecular flexibility index (Phi) is 4.01. The number of halogens is 1. The molecule has 0 atom stereocenters. The molecule has 0 aliphatic carbocycles. The van der Waals surface area contributed by atoms with Crippen molar-refractivity contribution in [3.8, 4) is 11.8 Å². The monoisotopic (exact) mass is 254 g/mol. The summed E-state index contributed by atoms with van der Waals surface area (Å²) in [5, 5.41) is 18.4. The third-order valence-electron chi connectivity index (χ3n) is 2.69. The molecule has 0 saturated carbocycles. The van der Waals surface area contributed by atoms with Gasteiger partial charge in [0.15, 0.2) is 0 Å². The summed E-state index contributed by atoms with van der Waals surface area (Å²) in [5.41, 5.74) is 2.38. The van der Waals surface area contributed by atoms with Crippen LogP contribution in [-0.2, 0) is 0 Å². The van der Waals surface area contributed by atoms with E-state index in [1.165, 1.54) is 18.2 Å². The van der Waals surface area contributed by atoms with Crippen molar-refractivity contribution in [2.75, 3.05) is 0 Å². The highest BCUT2D eigenvalue weighted by Gasteiger charge is 2.15. The molecule has 0 aromatic heterocycles. The number of benzene rings is 2. The number of rotatable bonds is 1. The van der Waals surface area contributed by atoms with Crippen LogP contribution in [-0.4, -0.2) is 17.2 Å². The number of hydrogen-bond donors (Lipinski definition) is 2. The van der Waals surface area contributed by atoms with E-state index in [0.29, 0.717) is 0 Å². The lowest BCUT2D eigenvalue weighted by molar-refractivity contribution is 0.425. The van der Waals surface area contributed by atoms with Gasteiger partial charge in [0.1, 0.15) is 5.82 Å². The molecule has 0 spiro atoms. The minimum Gasteiger partial charge on any atom is -0.423 e. The average molecular weight is 254 g/mol. The maximum atomic E-state index is 13.2. The molecule has 2 nitrogen and oxygen atoms in total. The van der Waals surface area contributed by atoms with Crippen molar-refractivity contribution in [2.45, 2.75) is 6.92 Å². The second-order valence-electron chi connectivity index (χ2n) is 4.22. The van der Waals surface area contributed by atoms with Crippen molar-refractivity contribution in [1.82, 2.24) is 0 Å². The fourth-order valence-corrected chi connectivity index (χ4v) is 1.64. The highest BCUT2D eigenvalue weighted by atomic mass is 19.1. The topological polar surface area (TPSA) is 40.5 Å². The summed E-state index contributed by atoms with van der Waals surface area (Å²) >= 11 is 0. The smallest absolute Gasteiger partial charge is 0.423 e. The zero-order valence-electron chi connectivity index (χ0n) is 10.4. The van der Waals surface area contributed by atoms with E-state index < -0.39 is 12.9 Å². The van der Waals surface area contributed by atoms with E-state index in [1.54, 1.807) is 0 Å². The van der Waals surface area contributed by atoms with Crippen LogP contribution in [0, 0.1) is 24.6 Å². The lowest BCUT2D eigenvalue weighted by Gasteiger charge is -2.02. The van der Waals surface area contributed by atoms with Crippen molar-refractivity contribution in [3.05, 3.63) is 65.0 Å². The third-order valence-corrected chi connectivity index (χ3v) is 2.69. The highest BCUT2D eigenvalue weighted by molar-refractivity contribution is 6.59. The second kappa shape index (κ2) is 5.70. The van der Waals surface area contributed by atoms with Gasteiger partial charge in [-0.15, -0.1) is 0 Å². The molecule has 2 aromatic rings. The summed E-state index contributed by atoms with van der Waals surface area (Å²) in [5.74, 6) is 5.17. The zero-order valence-corrected chi connectivity index (χ0v) is 10.4. The van der Waals surface area contributed by atoms with Gasteiger partial charge in [-0.25, -0.2) is 4.39 Å². The van der Waals surface area contributed by atoms with Gasteiger partial charge in [0.2, 0.25) is 0 Å². The molecule has 94 valence electrons. The van der Waals surface area contributed by atoms with Crippen LogP contribution >= 0.6 is 0 Å². The Morgan fingerprint density at radius 3 is 2.32 bits per heavy atom. The number of hydrogen-bond acceptors (Lipinski definition) is 2. The minimum absolute atomic E-state index is 0.195. The van der Waals surface area contributed by atoms with Crippen molar-refractivity contribution in [1.29, 1.82) is 0 Å². The Morgan fingerprint density at radius 2 is 1.68 bits per heavy atom. The second-order valence-corrected chi connectivity index (χ2v) is 4.22. The van der Waals surface area contributed by atoms with Gasteiger partial charge in [-0.2, -0.15) is 0 Å². The fourth-order valence-electron chi connectivity index (χ4n) is 1.64. The van der Waals surface area contributed by atoms with Crippen molar-refractivity contribution in [2.24, 2.45) is 0 Å².